The molecule has 4 nitrogen and oxygen atoms in total. The normalized spacial score (nSPS) is 11.7. The van der Waals surface area contributed by atoms with Gasteiger partial charge in [-0.1, -0.05) is 12.1 Å². The third-order valence-corrected chi connectivity index (χ3v) is 2.87. The van der Waals surface area contributed by atoms with Crippen molar-refractivity contribution in [3.05, 3.63) is 35.7 Å². The van der Waals surface area contributed by atoms with E-state index in [4.69, 9.17) is 11.6 Å². The predicted octanol–water partition coefficient (Wildman–Crippen LogP) is 3.47. The predicted molar refractivity (Wildman–Crippen MR) is 67.0 cm³/mol. The minimum Gasteiger partial charge on any atom is -0.406 e. The zero-order valence-corrected chi connectivity index (χ0v) is 11.2. The lowest BCUT2D eigenvalue weighted by Crippen LogP contribution is -2.17. The molecule has 20 heavy (non-hydrogen) atoms. The summed E-state index contributed by atoms with van der Waals surface area (Å²) in [5.74, 6) is -0.0460. The number of hydrogen-bond donors (Lipinski definition) is 0. The van der Waals surface area contributed by atoms with Crippen LogP contribution in [0.15, 0.2) is 24.3 Å². The standard InChI is InChI=1S/C12H11ClF3N3O/c1-2-11-10(7-13)17-18-19(11)8-3-5-9(6-4-8)20-12(14,15)16/h3-6H,2,7H2,1H3. The zero-order chi connectivity index (χ0) is 14.8. The summed E-state index contributed by atoms with van der Waals surface area (Å²) in [6.45, 7) is 1.92. The van der Waals surface area contributed by atoms with Gasteiger partial charge < -0.3 is 4.74 Å². The Morgan fingerprint density at radius 1 is 1.25 bits per heavy atom. The largest absolute Gasteiger partial charge is 0.573 e. The maximum absolute atomic E-state index is 12.1. The summed E-state index contributed by atoms with van der Waals surface area (Å²) in [4.78, 5) is 0. The molecule has 2 aromatic rings. The molecule has 0 saturated heterocycles. The van der Waals surface area contributed by atoms with Crippen LogP contribution in [0, 0.1) is 0 Å². The van der Waals surface area contributed by atoms with Crippen LogP contribution in [-0.4, -0.2) is 21.4 Å². The van der Waals surface area contributed by atoms with Crippen LogP contribution in [0.4, 0.5) is 13.2 Å². The number of hydrogen-bond acceptors (Lipinski definition) is 3. The Bertz CT molecular complexity index is 581. The SMILES string of the molecule is CCc1c(CCl)nnn1-c1ccc(OC(F)(F)F)cc1. The van der Waals surface area contributed by atoms with Crippen LogP contribution >= 0.6 is 11.6 Å². The van der Waals surface area contributed by atoms with Crippen molar-refractivity contribution in [2.24, 2.45) is 0 Å². The van der Waals surface area contributed by atoms with E-state index in [1.165, 1.54) is 24.3 Å². The molecule has 0 unspecified atom stereocenters. The molecule has 1 aromatic heterocycles. The molecule has 0 amide bonds. The maximum atomic E-state index is 12.1. The number of alkyl halides is 4. The van der Waals surface area contributed by atoms with Gasteiger partial charge in [-0.15, -0.1) is 29.9 Å². The smallest absolute Gasteiger partial charge is 0.406 e. The second-order valence-electron chi connectivity index (χ2n) is 3.92. The van der Waals surface area contributed by atoms with Gasteiger partial charge in [0.05, 0.1) is 17.3 Å². The van der Waals surface area contributed by atoms with E-state index in [0.29, 0.717) is 17.8 Å². The van der Waals surface area contributed by atoms with E-state index in [1.807, 2.05) is 6.92 Å². The Morgan fingerprint density at radius 2 is 1.90 bits per heavy atom. The highest BCUT2D eigenvalue weighted by Crippen LogP contribution is 2.24. The average molecular weight is 306 g/mol. The Labute approximate surface area is 118 Å². The first-order valence-corrected chi connectivity index (χ1v) is 6.33. The quantitative estimate of drug-likeness (QED) is 0.812. The average Bonchev–Trinajstić information content (AvgIpc) is 2.80. The number of ether oxygens (including phenoxy) is 1. The minimum atomic E-state index is -4.70. The zero-order valence-electron chi connectivity index (χ0n) is 10.5. The van der Waals surface area contributed by atoms with Crippen LogP contribution in [-0.2, 0) is 12.3 Å². The summed E-state index contributed by atoms with van der Waals surface area (Å²) in [6.07, 6.45) is -4.04. The van der Waals surface area contributed by atoms with Gasteiger partial charge in [-0.05, 0) is 30.7 Å². The lowest BCUT2D eigenvalue weighted by Gasteiger charge is -2.10. The molecule has 0 bridgehead atoms. The fourth-order valence-electron chi connectivity index (χ4n) is 1.79. The summed E-state index contributed by atoms with van der Waals surface area (Å²) < 4.78 is 41.6. The van der Waals surface area contributed by atoms with Crippen molar-refractivity contribution >= 4 is 11.6 Å². The van der Waals surface area contributed by atoms with Crippen LogP contribution in [0.25, 0.3) is 5.69 Å². The lowest BCUT2D eigenvalue weighted by atomic mass is 10.2. The Balaban J connectivity index is 2.28. The van der Waals surface area contributed by atoms with Crippen molar-refractivity contribution in [2.45, 2.75) is 25.6 Å². The first-order chi connectivity index (χ1) is 9.44. The van der Waals surface area contributed by atoms with E-state index in [0.717, 1.165) is 5.69 Å². The summed E-state index contributed by atoms with van der Waals surface area (Å²) in [6, 6.07) is 5.41. The van der Waals surface area contributed by atoms with Gasteiger partial charge in [0.1, 0.15) is 11.4 Å². The Morgan fingerprint density at radius 3 is 2.40 bits per heavy atom. The number of rotatable bonds is 4. The van der Waals surface area contributed by atoms with Gasteiger partial charge >= 0.3 is 6.36 Å². The highest BCUT2D eigenvalue weighted by Gasteiger charge is 2.31. The highest BCUT2D eigenvalue weighted by atomic mass is 35.5. The summed E-state index contributed by atoms with van der Waals surface area (Å²) in [5.41, 5.74) is 2.08. The van der Waals surface area contributed by atoms with Gasteiger partial charge in [-0.25, -0.2) is 4.68 Å². The Hall–Kier alpha value is -1.76. The molecule has 0 radical (unpaired) electrons. The first kappa shape index (κ1) is 14.6. The molecular formula is C12H11ClF3N3O. The van der Waals surface area contributed by atoms with E-state index in [-0.39, 0.29) is 11.6 Å². The van der Waals surface area contributed by atoms with Crippen LogP contribution in [0.1, 0.15) is 18.3 Å². The minimum absolute atomic E-state index is 0.235. The Kier molecular flexibility index (Phi) is 4.17. The van der Waals surface area contributed by atoms with Crippen LogP contribution in [0.3, 0.4) is 0 Å². The third kappa shape index (κ3) is 3.22. The van der Waals surface area contributed by atoms with Crippen molar-refractivity contribution < 1.29 is 17.9 Å². The number of benzene rings is 1. The van der Waals surface area contributed by atoms with Gasteiger partial charge in [0.2, 0.25) is 0 Å². The van der Waals surface area contributed by atoms with E-state index >= 15 is 0 Å². The monoisotopic (exact) mass is 305 g/mol. The molecule has 2 rings (SSSR count). The molecule has 0 fully saturated rings. The molecule has 0 N–H and O–H groups in total. The van der Waals surface area contributed by atoms with Crippen molar-refractivity contribution in [3.63, 3.8) is 0 Å². The molecule has 0 aliphatic heterocycles. The second-order valence-corrected chi connectivity index (χ2v) is 4.19. The van der Waals surface area contributed by atoms with Gasteiger partial charge in [-0.2, -0.15) is 0 Å². The van der Waals surface area contributed by atoms with Crippen LogP contribution in [0.2, 0.25) is 0 Å². The highest BCUT2D eigenvalue weighted by molar-refractivity contribution is 6.16. The summed E-state index contributed by atoms with van der Waals surface area (Å²) in [7, 11) is 0. The van der Waals surface area contributed by atoms with Crippen molar-refractivity contribution in [3.8, 4) is 11.4 Å². The van der Waals surface area contributed by atoms with E-state index in [2.05, 4.69) is 15.0 Å². The molecule has 8 heteroatoms. The summed E-state index contributed by atoms with van der Waals surface area (Å²) >= 11 is 5.75. The van der Waals surface area contributed by atoms with E-state index < -0.39 is 6.36 Å². The number of nitrogens with zero attached hydrogens (tertiary/aromatic N) is 3. The van der Waals surface area contributed by atoms with Crippen molar-refractivity contribution in [2.75, 3.05) is 0 Å². The number of halogens is 4. The molecule has 0 atom stereocenters. The first-order valence-electron chi connectivity index (χ1n) is 5.80. The molecular weight excluding hydrogens is 295 g/mol. The second kappa shape index (κ2) is 5.70. The molecule has 0 spiro atoms. The summed E-state index contributed by atoms with van der Waals surface area (Å²) in [5, 5.41) is 7.88. The van der Waals surface area contributed by atoms with E-state index in [9.17, 15) is 13.2 Å². The van der Waals surface area contributed by atoms with Crippen molar-refractivity contribution in [1.29, 1.82) is 0 Å². The third-order valence-electron chi connectivity index (χ3n) is 2.62. The molecule has 1 heterocycles. The van der Waals surface area contributed by atoms with Gasteiger partial charge in [0.15, 0.2) is 0 Å². The van der Waals surface area contributed by atoms with Crippen LogP contribution in [0.5, 0.6) is 5.75 Å². The fraction of sp³-hybridized carbons (Fsp3) is 0.333. The van der Waals surface area contributed by atoms with Crippen LogP contribution < -0.4 is 4.74 Å². The van der Waals surface area contributed by atoms with E-state index in [1.54, 1.807) is 4.68 Å². The fourth-order valence-corrected chi connectivity index (χ4v) is 1.99. The maximum Gasteiger partial charge on any atom is 0.573 e. The van der Waals surface area contributed by atoms with Gasteiger partial charge in [-0.3, -0.25) is 0 Å². The lowest BCUT2D eigenvalue weighted by molar-refractivity contribution is -0.274. The van der Waals surface area contributed by atoms with Gasteiger partial charge in [0.25, 0.3) is 0 Å². The van der Waals surface area contributed by atoms with Crippen molar-refractivity contribution in [1.82, 2.24) is 15.0 Å². The number of aromatic nitrogens is 3. The molecule has 0 saturated carbocycles. The molecule has 1 aromatic carbocycles. The topological polar surface area (TPSA) is 39.9 Å². The van der Waals surface area contributed by atoms with Gasteiger partial charge in [0, 0.05) is 0 Å². The molecule has 108 valence electrons. The molecule has 0 aliphatic carbocycles. The molecule has 0 aliphatic rings.